The van der Waals surface area contributed by atoms with Crippen molar-refractivity contribution in [2.24, 2.45) is 5.92 Å². The highest BCUT2D eigenvalue weighted by atomic mass is 16.5. The van der Waals surface area contributed by atoms with Gasteiger partial charge >= 0.3 is 6.03 Å². The van der Waals surface area contributed by atoms with Crippen LogP contribution in [0.5, 0.6) is 0 Å². The minimum Gasteiger partial charge on any atom is -0.379 e. The summed E-state index contributed by atoms with van der Waals surface area (Å²) in [4.78, 5) is 21.6. The molecule has 2 N–H and O–H groups in total. The predicted octanol–water partition coefficient (Wildman–Crippen LogP) is 2.23. The number of piperidine rings is 1. The molecule has 0 spiro atoms. The molecule has 0 bridgehead atoms. The third-order valence-electron chi connectivity index (χ3n) is 5.70. The number of pyridine rings is 1. The van der Waals surface area contributed by atoms with E-state index in [1.165, 1.54) is 19.3 Å². The van der Waals surface area contributed by atoms with Crippen molar-refractivity contribution in [3.63, 3.8) is 0 Å². The molecule has 1 aromatic rings. The first-order chi connectivity index (χ1) is 13.6. The summed E-state index contributed by atoms with van der Waals surface area (Å²) in [6.45, 7) is 11.1. The van der Waals surface area contributed by atoms with Crippen LogP contribution >= 0.6 is 0 Å². The van der Waals surface area contributed by atoms with Crippen LogP contribution < -0.4 is 15.5 Å². The zero-order valence-corrected chi connectivity index (χ0v) is 17.3. The number of carbonyl (C=O) groups is 1. The van der Waals surface area contributed by atoms with E-state index in [1.54, 1.807) is 0 Å². The van der Waals surface area contributed by atoms with Gasteiger partial charge in [0.15, 0.2) is 0 Å². The lowest BCUT2D eigenvalue weighted by molar-refractivity contribution is 0.00719. The number of ether oxygens (including phenoxy) is 1. The lowest BCUT2D eigenvalue weighted by Crippen LogP contribution is -2.52. The molecule has 0 aliphatic carbocycles. The molecule has 3 rings (SSSR count). The normalized spacial score (nSPS) is 19.5. The van der Waals surface area contributed by atoms with E-state index in [1.807, 2.05) is 12.3 Å². The first kappa shape index (κ1) is 20.9. The van der Waals surface area contributed by atoms with Crippen molar-refractivity contribution in [2.75, 3.05) is 50.8 Å². The molecule has 2 aliphatic heterocycles. The van der Waals surface area contributed by atoms with Crippen LogP contribution in [0, 0.1) is 5.92 Å². The van der Waals surface area contributed by atoms with Crippen LogP contribution in [-0.4, -0.2) is 67.9 Å². The maximum atomic E-state index is 12.3. The molecule has 7 heteroatoms. The lowest BCUT2D eigenvalue weighted by Gasteiger charge is -2.36. The number of hydrogen-bond acceptors (Lipinski definition) is 5. The molecular weight excluding hydrogens is 354 g/mol. The number of anilines is 1. The second-order valence-electron chi connectivity index (χ2n) is 8.09. The Bertz CT molecular complexity index is 613. The minimum atomic E-state index is -0.116. The second-order valence-corrected chi connectivity index (χ2v) is 8.09. The topological polar surface area (TPSA) is 69.7 Å². The summed E-state index contributed by atoms with van der Waals surface area (Å²) in [5.41, 5.74) is 1.08. The van der Waals surface area contributed by atoms with Gasteiger partial charge in [0.2, 0.25) is 0 Å². The molecule has 156 valence electrons. The van der Waals surface area contributed by atoms with Gasteiger partial charge in [0.05, 0.1) is 13.2 Å². The number of hydrogen-bond donors (Lipinski definition) is 2. The van der Waals surface area contributed by atoms with Crippen LogP contribution in [0.2, 0.25) is 0 Å². The third-order valence-corrected chi connectivity index (χ3v) is 5.70. The van der Waals surface area contributed by atoms with Crippen molar-refractivity contribution in [3.05, 3.63) is 23.9 Å². The van der Waals surface area contributed by atoms with Gasteiger partial charge < -0.3 is 20.3 Å². The van der Waals surface area contributed by atoms with Gasteiger partial charge in [0, 0.05) is 51.5 Å². The molecule has 2 amide bonds. The van der Waals surface area contributed by atoms with Gasteiger partial charge in [0.1, 0.15) is 5.82 Å². The summed E-state index contributed by atoms with van der Waals surface area (Å²) in [7, 11) is 0. The third kappa shape index (κ3) is 6.07. The van der Waals surface area contributed by atoms with Gasteiger partial charge in [-0.2, -0.15) is 0 Å². The molecule has 1 atom stereocenters. The van der Waals surface area contributed by atoms with Crippen LogP contribution in [0.4, 0.5) is 10.6 Å². The van der Waals surface area contributed by atoms with Crippen molar-refractivity contribution in [1.29, 1.82) is 0 Å². The summed E-state index contributed by atoms with van der Waals surface area (Å²) >= 11 is 0. The molecule has 3 heterocycles. The van der Waals surface area contributed by atoms with Crippen LogP contribution in [-0.2, 0) is 11.3 Å². The highest BCUT2D eigenvalue weighted by Crippen LogP contribution is 2.18. The maximum absolute atomic E-state index is 12.3. The molecule has 0 aromatic carbocycles. The first-order valence-electron chi connectivity index (χ1n) is 10.7. The summed E-state index contributed by atoms with van der Waals surface area (Å²) in [6.07, 6.45) is 5.60. The molecule has 1 unspecified atom stereocenters. The molecule has 28 heavy (non-hydrogen) atoms. The van der Waals surface area contributed by atoms with Crippen molar-refractivity contribution in [2.45, 2.75) is 45.7 Å². The van der Waals surface area contributed by atoms with Crippen LogP contribution in [0.3, 0.4) is 0 Å². The number of amides is 2. The Hall–Kier alpha value is -1.86. The first-order valence-corrected chi connectivity index (χ1v) is 10.7. The van der Waals surface area contributed by atoms with Gasteiger partial charge in [-0.1, -0.05) is 13.8 Å². The lowest BCUT2D eigenvalue weighted by atomic mass is 10.0. The number of carbonyl (C=O) groups excluding carboxylic acids is 1. The number of morpholine rings is 1. The van der Waals surface area contributed by atoms with Gasteiger partial charge in [-0.15, -0.1) is 0 Å². The fourth-order valence-electron chi connectivity index (χ4n) is 4.00. The fourth-order valence-corrected chi connectivity index (χ4v) is 4.00. The summed E-state index contributed by atoms with van der Waals surface area (Å²) in [6, 6.07) is 4.28. The monoisotopic (exact) mass is 389 g/mol. The summed E-state index contributed by atoms with van der Waals surface area (Å²) < 4.78 is 5.45. The van der Waals surface area contributed by atoms with E-state index in [0.717, 1.165) is 50.8 Å². The SMILES string of the molecule is CC(C)C(CNC(=O)NCc1ccnc(N2CCCCC2)c1)N1CCOCC1. The van der Waals surface area contributed by atoms with E-state index in [4.69, 9.17) is 4.74 Å². The minimum absolute atomic E-state index is 0.116. The van der Waals surface area contributed by atoms with E-state index in [2.05, 4.69) is 45.3 Å². The Labute approximate surface area is 168 Å². The fraction of sp³-hybridized carbons (Fsp3) is 0.714. The molecule has 2 saturated heterocycles. The zero-order chi connectivity index (χ0) is 19.8. The Kier molecular flexibility index (Phi) is 7.91. The molecule has 1 aromatic heterocycles. The van der Waals surface area contributed by atoms with Gasteiger partial charge in [-0.3, -0.25) is 4.90 Å². The van der Waals surface area contributed by atoms with Crippen molar-refractivity contribution >= 4 is 11.8 Å². The highest BCUT2D eigenvalue weighted by molar-refractivity contribution is 5.73. The van der Waals surface area contributed by atoms with E-state index in [-0.39, 0.29) is 6.03 Å². The second kappa shape index (κ2) is 10.6. The molecule has 7 nitrogen and oxygen atoms in total. The van der Waals surface area contributed by atoms with Crippen molar-refractivity contribution in [3.8, 4) is 0 Å². The smallest absolute Gasteiger partial charge is 0.315 e. The number of aromatic nitrogens is 1. The molecule has 2 aliphatic rings. The number of nitrogens with zero attached hydrogens (tertiary/aromatic N) is 3. The Morgan fingerprint density at radius 2 is 1.89 bits per heavy atom. The molecular formula is C21H35N5O2. The van der Waals surface area contributed by atoms with Gasteiger partial charge in [-0.25, -0.2) is 9.78 Å². The zero-order valence-electron chi connectivity index (χ0n) is 17.3. The van der Waals surface area contributed by atoms with E-state index >= 15 is 0 Å². The number of urea groups is 1. The van der Waals surface area contributed by atoms with Crippen LogP contribution in [0.1, 0.15) is 38.7 Å². The standard InChI is InChI=1S/C21H35N5O2/c1-17(2)19(25-10-12-28-13-11-25)16-24-21(27)23-15-18-6-7-22-20(14-18)26-8-4-3-5-9-26/h6-7,14,17,19H,3-5,8-13,15-16H2,1-2H3,(H2,23,24,27). The molecule has 2 fully saturated rings. The molecule has 0 radical (unpaired) electrons. The maximum Gasteiger partial charge on any atom is 0.315 e. The van der Waals surface area contributed by atoms with E-state index < -0.39 is 0 Å². The number of rotatable bonds is 7. The average molecular weight is 390 g/mol. The Balaban J connectivity index is 1.45. The van der Waals surface area contributed by atoms with Crippen molar-refractivity contribution in [1.82, 2.24) is 20.5 Å². The number of nitrogens with one attached hydrogen (secondary N) is 2. The van der Waals surface area contributed by atoms with E-state index in [9.17, 15) is 4.79 Å². The summed E-state index contributed by atoms with van der Waals surface area (Å²) in [5.74, 6) is 1.50. The quantitative estimate of drug-likeness (QED) is 0.748. The van der Waals surface area contributed by atoms with Crippen LogP contribution in [0.15, 0.2) is 18.3 Å². The average Bonchev–Trinajstić information content (AvgIpc) is 2.74. The Morgan fingerprint density at radius 1 is 1.14 bits per heavy atom. The largest absolute Gasteiger partial charge is 0.379 e. The van der Waals surface area contributed by atoms with E-state index in [0.29, 0.717) is 25.0 Å². The van der Waals surface area contributed by atoms with Gasteiger partial charge in [-0.05, 0) is 42.9 Å². The molecule has 0 saturated carbocycles. The van der Waals surface area contributed by atoms with Gasteiger partial charge in [0.25, 0.3) is 0 Å². The predicted molar refractivity (Wildman–Crippen MR) is 112 cm³/mol. The highest BCUT2D eigenvalue weighted by Gasteiger charge is 2.24. The summed E-state index contributed by atoms with van der Waals surface area (Å²) in [5, 5.41) is 6.04. The van der Waals surface area contributed by atoms with Crippen molar-refractivity contribution < 1.29 is 9.53 Å². The van der Waals surface area contributed by atoms with Crippen LogP contribution in [0.25, 0.3) is 0 Å². The Morgan fingerprint density at radius 3 is 2.61 bits per heavy atom.